The van der Waals surface area contributed by atoms with Gasteiger partial charge in [0, 0.05) is 6.42 Å². The van der Waals surface area contributed by atoms with Gasteiger partial charge in [0.25, 0.3) is 0 Å². The predicted octanol–water partition coefficient (Wildman–Crippen LogP) is 17.5. The van der Waals surface area contributed by atoms with Crippen molar-refractivity contribution in [2.45, 2.75) is 264 Å². The zero-order chi connectivity index (χ0) is 50.6. The van der Waals surface area contributed by atoms with Gasteiger partial charge in [0.05, 0.1) is 39.9 Å². The Labute approximate surface area is 427 Å². The number of allylic oxidation sites excluding steroid dienone is 11. The highest BCUT2D eigenvalue weighted by molar-refractivity contribution is 7.47. The number of carbonyl (C=O) groups is 1. The number of aliphatic hydroxyl groups excluding tert-OH is 1. The van der Waals surface area contributed by atoms with Crippen LogP contribution >= 0.6 is 7.82 Å². The fourth-order valence-corrected chi connectivity index (χ4v) is 8.82. The van der Waals surface area contributed by atoms with E-state index in [1.807, 2.05) is 27.2 Å². The van der Waals surface area contributed by atoms with Gasteiger partial charge in [-0.2, -0.15) is 0 Å². The number of phosphoric ester groups is 1. The number of aliphatic hydroxyl groups is 1. The largest absolute Gasteiger partial charge is 0.472 e. The van der Waals surface area contributed by atoms with Crippen LogP contribution < -0.4 is 5.32 Å². The number of amides is 1. The summed E-state index contributed by atoms with van der Waals surface area (Å²) >= 11 is 0. The number of phosphoric acid groups is 1. The second-order valence-corrected chi connectivity index (χ2v) is 22.1. The lowest BCUT2D eigenvalue weighted by Gasteiger charge is -2.25. The number of hydrogen-bond donors (Lipinski definition) is 3. The van der Waals surface area contributed by atoms with Gasteiger partial charge in [-0.05, 0) is 83.5 Å². The molecular weight excluding hydrogens is 876 g/mol. The van der Waals surface area contributed by atoms with E-state index in [1.165, 1.54) is 161 Å². The van der Waals surface area contributed by atoms with Crippen LogP contribution in [-0.2, 0) is 18.4 Å². The topological polar surface area (TPSA) is 105 Å². The summed E-state index contributed by atoms with van der Waals surface area (Å²) in [5.41, 5.74) is 0. The molecule has 0 heterocycles. The van der Waals surface area contributed by atoms with E-state index in [-0.39, 0.29) is 19.1 Å². The van der Waals surface area contributed by atoms with Crippen molar-refractivity contribution in [2.24, 2.45) is 0 Å². The summed E-state index contributed by atoms with van der Waals surface area (Å²) in [6.45, 7) is 4.76. The molecule has 0 fully saturated rings. The van der Waals surface area contributed by atoms with Gasteiger partial charge in [0.2, 0.25) is 5.91 Å². The highest BCUT2D eigenvalue weighted by atomic mass is 31.2. The van der Waals surface area contributed by atoms with E-state index < -0.39 is 20.0 Å². The monoisotopic (exact) mass is 988 g/mol. The van der Waals surface area contributed by atoms with Gasteiger partial charge in [-0.25, -0.2) is 4.57 Å². The van der Waals surface area contributed by atoms with Crippen LogP contribution in [0.3, 0.4) is 0 Å². The van der Waals surface area contributed by atoms with E-state index in [9.17, 15) is 19.4 Å². The highest BCUT2D eigenvalue weighted by Gasteiger charge is 2.27. The first kappa shape index (κ1) is 66.9. The standard InChI is InChI=1S/C60H111N2O6P/c1-6-8-10-12-14-16-18-20-22-24-26-27-28-29-30-31-32-33-34-36-37-39-41-43-45-47-49-51-53-59(63)58(57-68-69(65,66)67-56-55-62(3,4)5)61-60(64)54-52-50-48-46-44-42-40-38-35-25-23-21-19-17-15-13-11-9-7-2/h15,17,21,23,35-38,43,45,51,53,58-59,63H,6-14,16,18-20,22,24-34,39-42,44,46-50,52,54-57H2,1-5H3,(H-,61,64,65,66)/p+1/b17-15-,23-21-,37-36+,38-35-,45-43+,53-51+. The Morgan fingerprint density at radius 3 is 1.29 bits per heavy atom. The lowest BCUT2D eigenvalue weighted by atomic mass is 10.0. The van der Waals surface area contributed by atoms with Crippen molar-refractivity contribution in [1.82, 2.24) is 5.32 Å². The molecule has 402 valence electrons. The minimum Gasteiger partial charge on any atom is -0.387 e. The summed E-state index contributed by atoms with van der Waals surface area (Å²) in [6, 6.07) is -0.881. The van der Waals surface area contributed by atoms with Crippen molar-refractivity contribution in [2.75, 3.05) is 40.9 Å². The Balaban J connectivity index is 4.30. The van der Waals surface area contributed by atoms with Gasteiger partial charge in [0.1, 0.15) is 13.2 Å². The zero-order valence-electron chi connectivity index (χ0n) is 45.8. The van der Waals surface area contributed by atoms with Crippen LogP contribution in [0.2, 0.25) is 0 Å². The highest BCUT2D eigenvalue weighted by Crippen LogP contribution is 2.43. The lowest BCUT2D eigenvalue weighted by Crippen LogP contribution is -2.45. The summed E-state index contributed by atoms with van der Waals surface area (Å²) in [5, 5.41) is 13.9. The van der Waals surface area contributed by atoms with E-state index in [0.29, 0.717) is 17.4 Å². The Morgan fingerprint density at radius 1 is 0.493 bits per heavy atom. The Morgan fingerprint density at radius 2 is 0.841 bits per heavy atom. The molecule has 0 rings (SSSR count). The number of nitrogens with zero attached hydrogens (tertiary/aromatic N) is 1. The fraction of sp³-hybridized carbons (Fsp3) is 0.783. The second kappa shape index (κ2) is 50.9. The smallest absolute Gasteiger partial charge is 0.387 e. The van der Waals surface area contributed by atoms with Gasteiger partial charge in [-0.15, -0.1) is 0 Å². The van der Waals surface area contributed by atoms with Crippen molar-refractivity contribution in [3.05, 3.63) is 72.9 Å². The Kier molecular flexibility index (Phi) is 49.3. The number of unbranched alkanes of at least 4 members (excludes halogenated alkanes) is 29. The zero-order valence-corrected chi connectivity index (χ0v) is 46.7. The average molecular weight is 989 g/mol. The number of quaternary nitrogens is 1. The van der Waals surface area contributed by atoms with Gasteiger partial charge in [0.15, 0.2) is 0 Å². The third-order valence-corrected chi connectivity index (χ3v) is 13.6. The SMILES string of the molecule is CCCCC/C=C\C/C=C\C/C=C\CCCCCCCCC(=O)NC(COP(=O)(O)OCC[N+](C)(C)C)C(O)/C=C/CC/C=C/CC/C=C/CCCCCCCCCCCCCCCCCCCC. The number of carbonyl (C=O) groups excluding carboxylic acids is 1. The summed E-state index contributed by atoms with van der Waals surface area (Å²) in [5.74, 6) is -0.204. The molecule has 1 amide bonds. The molecule has 0 bridgehead atoms. The fourth-order valence-electron chi connectivity index (χ4n) is 8.08. The Hall–Kier alpha value is -2.06. The molecule has 0 saturated carbocycles. The van der Waals surface area contributed by atoms with Gasteiger partial charge in [-0.1, -0.05) is 234 Å². The van der Waals surface area contributed by atoms with E-state index in [2.05, 4.69) is 79.9 Å². The molecule has 69 heavy (non-hydrogen) atoms. The van der Waals surface area contributed by atoms with Crippen LogP contribution in [0.5, 0.6) is 0 Å². The van der Waals surface area contributed by atoms with Crippen molar-refractivity contribution < 1.29 is 32.9 Å². The molecule has 0 aliphatic carbocycles. The van der Waals surface area contributed by atoms with E-state index in [1.54, 1.807) is 6.08 Å². The molecule has 0 spiro atoms. The maximum Gasteiger partial charge on any atom is 0.472 e. The lowest BCUT2D eigenvalue weighted by molar-refractivity contribution is -0.870. The normalized spacial score (nSPS) is 14.5. The first-order chi connectivity index (χ1) is 33.5. The third-order valence-electron chi connectivity index (χ3n) is 12.6. The van der Waals surface area contributed by atoms with E-state index in [0.717, 1.165) is 70.6 Å². The van der Waals surface area contributed by atoms with Crippen LogP contribution in [0, 0.1) is 0 Å². The summed E-state index contributed by atoms with van der Waals surface area (Å²) in [7, 11) is 1.53. The quantitative estimate of drug-likeness (QED) is 0.0243. The molecular formula is C60H112N2O6P+. The van der Waals surface area contributed by atoms with E-state index >= 15 is 0 Å². The summed E-state index contributed by atoms with van der Waals surface area (Å²) in [4.78, 5) is 23.3. The van der Waals surface area contributed by atoms with E-state index in [4.69, 9.17) is 9.05 Å². The summed E-state index contributed by atoms with van der Waals surface area (Å²) in [6.07, 6.45) is 70.1. The van der Waals surface area contributed by atoms with Gasteiger partial charge in [-0.3, -0.25) is 13.8 Å². The Bertz CT molecular complexity index is 1350. The maximum absolute atomic E-state index is 13.0. The molecule has 3 atom stereocenters. The van der Waals surface area contributed by atoms with Gasteiger partial charge < -0.3 is 19.8 Å². The first-order valence-electron chi connectivity index (χ1n) is 28.8. The van der Waals surface area contributed by atoms with Crippen molar-refractivity contribution in [3.8, 4) is 0 Å². The molecule has 8 nitrogen and oxygen atoms in total. The number of hydrogen-bond acceptors (Lipinski definition) is 5. The second-order valence-electron chi connectivity index (χ2n) is 20.6. The van der Waals surface area contributed by atoms with Crippen LogP contribution in [0.4, 0.5) is 0 Å². The average Bonchev–Trinajstić information content (AvgIpc) is 3.31. The molecule has 3 unspecified atom stereocenters. The van der Waals surface area contributed by atoms with Crippen molar-refractivity contribution in [3.63, 3.8) is 0 Å². The molecule has 0 radical (unpaired) electrons. The van der Waals surface area contributed by atoms with Crippen LogP contribution in [0.1, 0.15) is 251 Å². The molecule has 0 aromatic heterocycles. The van der Waals surface area contributed by atoms with Crippen LogP contribution in [-0.4, -0.2) is 73.4 Å². The predicted molar refractivity (Wildman–Crippen MR) is 300 cm³/mol. The number of rotatable bonds is 52. The van der Waals surface area contributed by atoms with Crippen LogP contribution in [0.15, 0.2) is 72.9 Å². The third kappa shape index (κ3) is 53.6. The number of nitrogens with one attached hydrogen (secondary N) is 1. The minimum atomic E-state index is -4.37. The molecule has 0 aliphatic heterocycles. The molecule has 0 saturated heterocycles. The van der Waals surface area contributed by atoms with Gasteiger partial charge >= 0.3 is 7.82 Å². The molecule has 0 aromatic rings. The van der Waals surface area contributed by atoms with Crippen molar-refractivity contribution >= 4 is 13.7 Å². The van der Waals surface area contributed by atoms with Crippen LogP contribution in [0.25, 0.3) is 0 Å². The minimum absolute atomic E-state index is 0.0477. The summed E-state index contributed by atoms with van der Waals surface area (Å²) < 4.78 is 23.7. The molecule has 3 N–H and O–H groups in total. The maximum atomic E-state index is 13.0. The molecule has 0 aliphatic rings. The number of likely N-dealkylation sites (N-methyl/N-ethyl adjacent to an activating group) is 1. The molecule has 9 heteroatoms. The van der Waals surface area contributed by atoms with Crippen molar-refractivity contribution in [1.29, 1.82) is 0 Å². The first-order valence-corrected chi connectivity index (χ1v) is 30.3. The molecule has 0 aromatic carbocycles.